The molecule has 0 aromatic rings. The van der Waals surface area contributed by atoms with E-state index in [0.717, 1.165) is 13.0 Å². The summed E-state index contributed by atoms with van der Waals surface area (Å²) in [6, 6.07) is 1.75. The van der Waals surface area contributed by atoms with Gasteiger partial charge in [0.1, 0.15) is 0 Å². The molecule has 0 aliphatic carbocycles. The smallest absolute Gasteiger partial charge is 0.0587 e. The Bertz CT molecular complexity index is 136. The molecular formula is C10H20N2O. The van der Waals surface area contributed by atoms with Gasteiger partial charge in [0.05, 0.1) is 6.07 Å². The fourth-order valence-corrected chi connectivity index (χ4v) is 1.48. The standard InChI is InChI=1S/C8H17NO.C2H3N/c10-8-4-7-9-5-2-1-3-6-9;1-2-3/h10H,1-8H2;1H3. The molecule has 1 aliphatic rings. The summed E-state index contributed by atoms with van der Waals surface area (Å²) in [7, 11) is 0. The van der Waals surface area contributed by atoms with Crippen LogP contribution in [-0.2, 0) is 0 Å². The lowest BCUT2D eigenvalue weighted by atomic mass is 10.1. The summed E-state index contributed by atoms with van der Waals surface area (Å²) in [6.07, 6.45) is 5.05. The van der Waals surface area contributed by atoms with Gasteiger partial charge in [-0.2, -0.15) is 5.26 Å². The molecule has 0 aromatic carbocycles. The van der Waals surface area contributed by atoms with Crippen molar-refractivity contribution in [2.45, 2.75) is 32.6 Å². The maximum atomic E-state index is 8.57. The van der Waals surface area contributed by atoms with Crippen LogP contribution < -0.4 is 0 Å². The van der Waals surface area contributed by atoms with Crippen molar-refractivity contribution in [3.63, 3.8) is 0 Å². The number of hydrogen-bond donors (Lipinski definition) is 1. The first-order chi connectivity index (χ1) is 6.35. The third-order valence-electron chi connectivity index (χ3n) is 2.08. The third kappa shape index (κ3) is 7.76. The molecule has 3 heteroatoms. The Kier molecular flexibility index (Phi) is 9.07. The Hall–Kier alpha value is -0.590. The van der Waals surface area contributed by atoms with Crippen molar-refractivity contribution in [2.75, 3.05) is 26.2 Å². The highest BCUT2D eigenvalue weighted by Gasteiger charge is 2.07. The van der Waals surface area contributed by atoms with Gasteiger partial charge in [0.25, 0.3) is 0 Å². The first-order valence-electron chi connectivity index (χ1n) is 4.99. The lowest BCUT2D eigenvalue weighted by Gasteiger charge is -2.25. The zero-order valence-electron chi connectivity index (χ0n) is 8.50. The van der Waals surface area contributed by atoms with E-state index < -0.39 is 0 Å². The van der Waals surface area contributed by atoms with E-state index in [-0.39, 0.29) is 0 Å². The van der Waals surface area contributed by atoms with Crippen molar-refractivity contribution >= 4 is 0 Å². The van der Waals surface area contributed by atoms with Crippen LogP contribution in [-0.4, -0.2) is 36.2 Å². The summed E-state index contributed by atoms with van der Waals surface area (Å²) in [6.45, 7) is 5.37. The van der Waals surface area contributed by atoms with Crippen LogP contribution in [0.4, 0.5) is 0 Å². The van der Waals surface area contributed by atoms with Crippen molar-refractivity contribution in [3.05, 3.63) is 0 Å². The zero-order chi connectivity index (χ0) is 9.94. The summed E-state index contributed by atoms with van der Waals surface area (Å²) < 4.78 is 0. The highest BCUT2D eigenvalue weighted by atomic mass is 16.3. The Balaban J connectivity index is 0.000000424. The van der Waals surface area contributed by atoms with E-state index in [2.05, 4.69) is 4.90 Å². The molecule has 1 N–H and O–H groups in total. The van der Waals surface area contributed by atoms with Gasteiger partial charge in [0, 0.05) is 20.1 Å². The lowest BCUT2D eigenvalue weighted by molar-refractivity contribution is 0.198. The van der Waals surface area contributed by atoms with Gasteiger partial charge in [-0.3, -0.25) is 0 Å². The minimum absolute atomic E-state index is 0.344. The topological polar surface area (TPSA) is 47.3 Å². The molecule has 1 aliphatic heterocycles. The van der Waals surface area contributed by atoms with Crippen LogP contribution in [0.2, 0.25) is 0 Å². The Morgan fingerprint density at radius 2 is 1.85 bits per heavy atom. The normalized spacial score (nSPS) is 17.0. The molecule has 1 rings (SSSR count). The lowest BCUT2D eigenvalue weighted by Crippen LogP contribution is -2.30. The van der Waals surface area contributed by atoms with Gasteiger partial charge in [0.15, 0.2) is 0 Å². The molecule has 0 aromatic heterocycles. The maximum Gasteiger partial charge on any atom is 0.0587 e. The van der Waals surface area contributed by atoms with Crippen LogP contribution in [0.15, 0.2) is 0 Å². The van der Waals surface area contributed by atoms with Crippen LogP contribution in [0.25, 0.3) is 0 Å². The highest BCUT2D eigenvalue weighted by molar-refractivity contribution is 4.63. The predicted octanol–water partition coefficient (Wildman–Crippen LogP) is 1.38. The van der Waals surface area contributed by atoms with Gasteiger partial charge in [-0.1, -0.05) is 6.42 Å². The summed E-state index contributed by atoms with van der Waals surface area (Å²) in [5.74, 6) is 0. The number of hydrogen-bond acceptors (Lipinski definition) is 3. The largest absolute Gasteiger partial charge is 0.396 e. The van der Waals surface area contributed by atoms with E-state index in [9.17, 15) is 0 Å². The average molecular weight is 184 g/mol. The van der Waals surface area contributed by atoms with Crippen molar-refractivity contribution in [1.82, 2.24) is 4.90 Å². The molecule has 0 bridgehead atoms. The monoisotopic (exact) mass is 184 g/mol. The van der Waals surface area contributed by atoms with Crippen molar-refractivity contribution in [1.29, 1.82) is 5.26 Å². The van der Waals surface area contributed by atoms with Crippen molar-refractivity contribution in [3.8, 4) is 6.07 Å². The second kappa shape index (κ2) is 9.50. The number of likely N-dealkylation sites (tertiary alicyclic amines) is 1. The first-order valence-corrected chi connectivity index (χ1v) is 4.99. The fraction of sp³-hybridized carbons (Fsp3) is 0.900. The van der Waals surface area contributed by atoms with Crippen LogP contribution in [0.1, 0.15) is 32.6 Å². The van der Waals surface area contributed by atoms with Gasteiger partial charge < -0.3 is 10.0 Å². The molecule has 76 valence electrons. The maximum absolute atomic E-state index is 8.57. The number of aliphatic hydroxyl groups is 1. The van der Waals surface area contributed by atoms with E-state index in [1.807, 2.05) is 0 Å². The van der Waals surface area contributed by atoms with E-state index in [1.54, 1.807) is 6.07 Å². The number of nitriles is 1. The molecule has 0 amide bonds. The van der Waals surface area contributed by atoms with E-state index in [0.29, 0.717) is 6.61 Å². The fourth-order valence-electron chi connectivity index (χ4n) is 1.48. The molecule has 1 heterocycles. The van der Waals surface area contributed by atoms with Gasteiger partial charge in [-0.15, -0.1) is 0 Å². The second-order valence-electron chi connectivity index (χ2n) is 3.20. The Labute approximate surface area is 81.0 Å². The van der Waals surface area contributed by atoms with E-state index in [4.69, 9.17) is 10.4 Å². The number of rotatable bonds is 3. The number of aliphatic hydroxyl groups excluding tert-OH is 1. The van der Waals surface area contributed by atoms with Crippen LogP contribution in [0.5, 0.6) is 0 Å². The van der Waals surface area contributed by atoms with Gasteiger partial charge in [-0.05, 0) is 32.4 Å². The van der Waals surface area contributed by atoms with Crippen LogP contribution in [0.3, 0.4) is 0 Å². The zero-order valence-corrected chi connectivity index (χ0v) is 8.50. The van der Waals surface area contributed by atoms with Crippen LogP contribution >= 0.6 is 0 Å². The van der Waals surface area contributed by atoms with Gasteiger partial charge in [0.2, 0.25) is 0 Å². The molecule has 1 saturated heterocycles. The number of piperidine rings is 1. The highest BCUT2D eigenvalue weighted by Crippen LogP contribution is 2.08. The molecule has 13 heavy (non-hydrogen) atoms. The minimum atomic E-state index is 0.344. The Morgan fingerprint density at radius 1 is 1.31 bits per heavy atom. The van der Waals surface area contributed by atoms with Crippen LogP contribution in [0, 0.1) is 11.3 Å². The third-order valence-corrected chi connectivity index (χ3v) is 2.08. The molecule has 3 nitrogen and oxygen atoms in total. The summed E-state index contributed by atoms with van der Waals surface area (Å²) in [4.78, 5) is 2.44. The average Bonchev–Trinajstić information content (AvgIpc) is 2.18. The molecule has 0 atom stereocenters. The van der Waals surface area contributed by atoms with E-state index in [1.165, 1.54) is 39.3 Å². The second-order valence-corrected chi connectivity index (χ2v) is 3.20. The van der Waals surface area contributed by atoms with Crippen molar-refractivity contribution < 1.29 is 5.11 Å². The molecule has 0 spiro atoms. The number of nitrogens with zero attached hydrogens (tertiary/aromatic N) is 2. The Morgan fingerprint density at radius 3 is 2.31 bits per heavy atom. The molecular weight excluding hydrogens is 164 g/mol. The van der Waals surface area contributed by atoms with Gasteiger partial charge in [-0.25, -0.2) is 0 Å². The first kappa shape index (κ1) is 12.4. The molecule has 0 saturated carbocycles. The van der Waals surface area contributed by atoms with Gasteiger partial charge >= 0.3 is 0 Å². The summed E-state index contributed by atoms with van der Waals surface area (Å²) in [5.41, 5.74) is 0. The van der Waals surface area contributed by atoms with E-state index >= 15 is 0 Å². The minimum Gasteiger partial charge on any atom is -0.396 e. The summed E-state index contributed by atoms with van der Waals surface area (Å²) >= 11 is 0. The SMILES string of the molecule is CC#N.OCCCN1CCCCC1. The molecule has 0 unspecified atom stereocenters. The summed E-state index contributed by atoms with van der Waals surface area (Å²) in [5, 5.41) is 15.9. The molecule has 1 fully saturated rings. The van der Waals surface area contributed by atoms with Crippen molar-refractivity contribution in [2.24, 2.45) is 0 Å². The molecule has 0 radical (unpaired) electrons. The quantitative estimate of drug-likeness (QED) is 0.721. The predicted molar refractivity (Wildman–Crippen MR) is 53.3 cm³/mol.